The lowest BCUT2D eigenvalue weighted by atomic mass is 10.1. The summed E-state index contributed by atoms with van der Waals surface area (Å²) < 4.78 is 5.37. The SMILES string of the molecule is CCOc1cccc(CC2NC(=O)NC2=O)c1. The molecular weight excluding hydrogens is 220 g/mol. The van der Waals surface area contributed by atoms with Crippen molar-refractivity contribution in [3.8, 4) is 5.75 Å². The minimum atomic E-state index is -0.487. The molecule has 1 fully saturated rings. The summed E-state index contributed by atoms with van der Waals surface area (Å²) >= 11 is 0. The molecule has 1 aliphatic heterocycles. The molecule has 5 heteroatoms. The Morgan fingerprint density at radius 3 is 2.82 bits per heavy atom. The van der Waals surface area contributed by atoms with Gasteiger partial charge in [-0.3, -0.25) is 10.1 Å². The van der Waals surface area contributed by atoms with Crippen molar-refractivity contribution in [2.45, 2.75) is 19.4 Å². The molecule has 0 aliphatic carbocycles. The van der Waals surface area contributed by atoms with Gasteiger partial charge in [-0.15, -0.1) is 0 Å². The number of hydrogen-bond acceptors (Lipinski definition) is 3. The van der Waals surface area contributed by atoms with E-state index in [2.05, 4.69) is 10.6 Å². The second-order valence-electron chi connectivity index (χ2n) is 3.80. The van der Waals surface area contributed by atoms with Crippen LogP contribution in [0.15, 0.2) is 24.3 Å². The standard InChI is InChI=1S/C12H14N2O3/c1-2-17-9-5-3-4-8(6-9)7-10-11(15)14-12(16)13-10/h3-6,10H,2,7H2,1H3,(H2,13,14,15,16). The van der Waals surface area contributed by atoms with Gasteiger partial charge in [-0.25, -0.2) is 4.79 Å². The van der Waals surface area contributed by atoms with Crippen LogP contribution in [0.25, 0.3) is 0 Å². The third-order valence-corrected chi connectivity index (χ3v) is 2.51. The molecule has 0 spiro atoms. The first-order chi connectivity index (χ1) is 8.19. The van der Waals surface area contributed by atoms with E-state index in [0.29, 0.717) is 13.0 Å². The van der Waals surface area contributed by atoms with Crippen LogP contribution >= 0.6 is 0 Å². The highest BCUT2D eigenvalue weighted by molar-refractivity contribution is 6.04. The summed E-state index contributed by atoms with van der Waals surface area (Å²) in [6.07, 6.45) is 0.471. The molecule has 1 unspecified atom stereocenters. The van der Waals surface area contributed by atoms with Crippen molar-refractivity contribution in [2.75, 3.05) is 6.61 Å². The van der Waals surface area contributed by atoms with Crippen molar-refractivity contribution in [2.24, 2.45) is 0 Å². The van der Waals surface area contributed by atoms with Crippen LogP contribution in [0.3, 0.4) is 0 Å². The van der Waals surface area contributed by atoms with Crippen LogP contribution < -0.4 is 15.4 Å². The Kier molecular flexibility index (Phi) is 3.27. The van der Waals surface area contributed by atoms with Gasteiger partial charge < -0.3 is 10.1 Å². The third kappa shape index (κ3) is 2.75. The van der Waals surface area contributed by atoms with E-state index in [1.807, 2.05) is 31.2 Å². The zero-order valence-electron chi connectivity index (χ0n) is 9.53. The lowest BCUT2D eigenvalue weighted by Gasteiger charge is -2.09. The number of carbonyl (C=O) groups is 2. The summed E-state index contributed by atoms with van der Waals surface area (Å²) in [4.78, 5) is 22.3. The fourth-order valence-corrected chi connectivity index (χ4v) is 1.77. The number of nitrogens with one attached hydrogen (secondary N) is 2. The van der Waals surface area contributed by atoms with Gasteiger partial charge in [0.1, 0.15) is 11.8 Å². The van der Waals surface area contributed by atoms with E-state index in [1.54, 1.807) is 0 Å². The predicted octanol–water partition coefficient (Wildman–Crippen LogP) is 0.836. The molecule has 90 valence electrons. The molecule has 1 aromatic carbocycles. The topological polar surface area (TPSA) is 67.4 Å². The second kappa shape index (κ2) is 4.86. The van der Waals surface area contributed by atoms with E-state index in [-0.39, 0.29) is 5.91 Å². The van der Waals surface area contributed by atoms with Gasteiger partial charge in [0.25, 0.3) is 5.91 Å². The van der Waals surface area contributed by atoms with Crippen molar-refractivity contribution >= 4 is 11.9 Å². The summed E-state index contributed by atoms with van der Waals surface area (Å²) in [5, 5.41) is 4.77. The first-order valence-corrected chi connectivity index (χ1v) is 5.52. The average Bonchev–Trinajstić information content (AvgIpc) is 2.58. The largest absolute Gasteiger partial charge is 0.494 e. The maximum absolute atomic E-state index is 11.4. The van der Waals surface area contributed by atoms with E-state index in [0.717, 1.165) is 11.3 Å². The Hall–Kier alpha value is -2.04. The molecule has 0 saturated carbocycles. The zero-order valence-corrected chi connectivity index (χ0v) is 9.53. The van der Waals surface area contributed by atoms with Crippen molar-refractivity contribution in [1.82, 2.24) is 10.6 Å². The maximum Gasteiger partial charge on any atom is 0.322 e. The molecule has 0 aromatic heterocycles. The van der Waals surface area contributed by atoms with Crippen LogP contribution in [-0.2, 0) is 11.2 Å². The Labute approximate surface area is 99.2 Å². The Balaban J connectivity index is 2.05. The first-order valence-electron chi connectivity index (χ1n) is 5.52. The van der Waals surface area contributed by atoms with Crippen LogP contribution in [0.4, 0.5) is 4.79 Å². The molecular formula is C12H14N2O3. The van der Waals surface area contributed by atoms with Crippen LogP contribution in [0.1, 0.15) is 12.5 Å². The fourth-order valence-electron chi connectivity index (χ4n) is 1.77. The van der Waals surface area contributed by atoms with Crippen LogP contribution in [0.5, 0.6) is 5.75 Å². The zero-order chi connectivity index (χ0) is 12.3. The van der Waals surface area contributed by atoms with Gasteiger partial charge in [0.15, 0.2) is 0 Å². The predicted molar refractivity (Wildman–Crippen MR) is 61.8 cm³/mol. The van der Waals surface area contributed by atoms with E-state index in [4.69, 9.17) is 4.74 Å². The highest BCUT2D eigenvalue weighted by atomic mass is 16.5. The molecule has 1 aliphatic rings. The number of benzene rings is 1. The number of rotatable bonds is 4. The minimum Gasteiger partial charge on any atom is -0.494 e. The number of amides is 3. The minimum absolute atomic E-state index is 0.281. The molecule has 1 atom stereocenters. The molecule has 1 heterocycles. The summed E-state index contributed by atoms with van der Waals surface area (Å²) in [5.74, 6) is 0.492. The second-order valence-corrected chi connectivity index (χ2v) is 3.80. The van der Waals surface area contributed by atoms with Gasteiger partial charge in [-0.05, 0) is 24.6 Å². The Morgan fingerprint density at radius 1 is 1.35 bits per heavy atom. The smallest absolute Gasteiger partial charge is 0.322 e. The molecule has 2 N–H and O–H groups in total. The number of carbonyl (C=O) groups excluding carboxylic acids is 2. The van der Waals surface area contributed by atoms with Crippen molar-refractivity contribution in [3.05, 3.63) is 29.8 Å². The van der Waals surface area contributed by atoms with Crippen LogP contribution in [-0.4, -0.2) is 24.6 Å². The van der Waals surface area contributed by atoms with Gasteiger partial charge in [0.05, 0.1) is 6.61 Å². The normalized spacial score (nSPS) is 18.8. The highest BCUT2D eigenvalue weighted by Crippen LogP contribution is 2.15. The van der Waals surface area contributed by atoms with Gasteiger partial charge in [0.2, 0.25) is 0 Å². The van der Waals surface area contributed by atoms with E-state index in [9.17, 15) is 9.59 Å². The maximum atomic E-state index is 11.4. The lowest BCUT2D eigenvalue weighted by Crippen LogP contribution is -2.31. The quantitative estimate of drug-likeness (QED) is 0.758. The van der Waals surface area contributed by atoms with Gasteiger partial charge >= 0.3 is 6.03 Å². The van der Waals surface area contributed by atoms with E-state index in [1.165, 1.54) is 0 Å². The first kappa shape index (κ1) is 11.4. The molecule has 0 radical (unpaired) electrons. The van der Waals surface area contributed by atoms with Crippen LogP contribution in [0, 0.1) is 0 Å². The molecule has 3 amide bonds. The molecule has 1 aromatic rings. The third-order valence-electron chi connectivity index (χ3n) is 2.51. The fraction of sp³-hybridized carbons (Fsp3) is 0.333. The number of urea groups is 1. The van der Waals surface area contributed by atoms with Gasteiger partial charge in [-0.1, -0.05) is 12.1 Å². The summed E-state index contributed by atoms with van der Waals surface area (Å²) in [7, 11) is 0. The highest BCUT2D eigenvalue weighted by Gasteiger charge is 2.29. The Morgan fingerprint density at radius 2 is 2.18 bits per heavy atom. The summed E-state index contributed by atoms with van der Waals surface area (Å²) in [5.41, 5.74) is 0.957. The number of ether oxygens (including phenoxy) is 1. The molecule has 2 rings (SSSR count). The van der Waals surface area contributed by atoms with E-state index < -0.39 is 12.1 Å². The summed E-state index contributed by atoms with van der Waals surface area (Å²) in [6.45, 7) is 2.52. The van der Waals surface area contributed by atoms with Crippen LogP contribution in [0.2, 0.25) is 0 Å². The van der Waals surface area contributed by atoms with Gasteiger partial charge in [-0.2, -0.15) is 0 Å². The molecule has 0 bridgehead atoms. The molecule has 5 nitrogen and oxygen atoms in total. The molecule has 17 heavy (non-hydrogen) atoms. The number of imide groups is 1. The molecule has 1 saturated heterocycles. The van der Waals surface area contributed by atoms with E-state index >= 15 is 0 Å². The Bertz CT molecular complexity index is 445. The van der Waals surface area contributed by atoms with Crippen molar-refractivity contribution < 1.29 is 14.3 Å². The van der Waals surface area contributed by atoms with Gasteiger partial charge in [0, 0.05) is 6.42 Å². The monoisotopic (exact) mass is 234 g/mol. The number of hydrogen-bond donors (Lipinski definition) is 2. The average molecular weight is 234 g/mol. The lowest BCUT2D eigenvalue weighted by molar-refractivity contribution is -0.120. The van der Waals surface area contributed by atoms with Crippen molar-refractivity contribution in [1.29, 1.82) is 0 Å². The summed E-state index contributed by atoms with van der Waals surface area (Å²) in [6, 6.07) is 6.59. The van der Waals surface area contributed by atoms with Crippen molar-refractivity contribution in [3.63, 3.8) is 0 Å².